The molecular formula is C12H13F3N2. The number of nitrogens with zero attached hydrogens (tertiary/aromatic N) is 1. The van der Waals surface area contributed by atoms with E-state index in [1.807, 2.05) is 26.0 Å². The summed E-state index contributed by atoms with van der Waals surface area (Å²) in [5, 5.41) is 0. The van der Waals surface area contributed by atoms with Gasteiger partial charge in [-0.05, 0) is 31.0 Å². The number of alkyl halides is 3. The van der Waals surface area contributed by atoms with E-state index in [9.17, 15) is 13.2 Å². The summed E-state index contributed by atoms with van der Waals surface area (Å²) in [4.78, 5) is 7.15. The number of halogens is 3. The fourth-order valence-electron chi connectivity index (χ4n) is 1.74. The molecule has 1 heterocycles. The number of aryl methyl sites for hydroxylation is 3. The van der Waals surface area contributed by atoms with Crippen molar-refractivity contribution in [2.75, 3.05) is 0 Å². The third-order valence-corrected chi connectivity index (χ3v) is 2.87. The van der Waals surface area contributed by atoms with Gasteiger partial charge in [0.1, 0.15) is 5.82 Å². The molecule has 0 aliphatic rings. The van der Waals surface area contributed by atoms with Gasteiger partial charge < -0.3 is 4.98 Å². The summed E-state index contributed by atoms with van der Waals surface area (Å²) in [5.74, 6) is 0.394. The molecule has 5 heteroatoms. The molecule has 0 amide bonds. The molecule has 92 valence electrons. The molecule has 0 saturated heterocycles. The van der Waals surface area contributed by atoms with Gasteiger partial charge in [0.15, 0.2) is 0 Å². The molecule has 0 spiro atoms. The Hall–Kier alpha value is -1.52. The van der Waals surface area contributed by atoms with Crippen molar-refractivity contribution in [1.29, 1.82) is 0 Å². The Bertz CT molecular complexity index is 540. The Morgan fingerprint density at radius 2 is 1.94 bits per heavy atom. The maximum Gasteiger partial charge on any atom is 0.389 e. The molecule has 1 N–H and O–H groups in total. The Labute approximate surface area is 96.9 Å². The monoisotopic (exact) mass is 242 g/mol. The van der Waals surface area contributed by atoms with Gasteiger partial charge in [-0.15, -0.1) is 0 Å². The lowest BCUT2D eigenvalue weighted by Crippen LogP contribution is -2.09. The number of benzene rings is 1. The number of fused-ring (bicyclic) bond motifs is 1. The molecule has 1 aromatic carbocycles. The highest BCUT2D eigenvalue weighted by molar-refractivity contribution is 5.79. The molecule has 0 unspecified atom stereocenters. The first kappa shape index (κ1) is 12.0. The Morgan fingerprint density at radius 1 is 1.24 bits per heavy atom. The lowest BCUT2D eigenvalue weighted by atomic mass is 10.1. The van der Waals surface area contributed by atoms with Crippen molar-refractivity contribution in [3.05, 3.63) is 29.1 Å². The molecule has 2 nitrogen and oxygen atoms in total. The lowest BCUT2D eigenvalue weighted by Gasteiger charge is -2.02. The van der Waals surface area contributed by atoms with E-state index in [-0.39, 0.29) is 6.42 Å². The molecule has 0 bridgehead atoms. The predicted octanol–water partition coefficient (Wildman–Crippen LogP) is 3.67. The van der Waals surface area contributed by atoms with Crippen molar-refractivity contribution in [2.45, 2.75) is 32.9 Å². The van der Waals surface area contributed by atoms with Gasteiger partial charge in [0.05, 0.1) is 17.5 Å². The van der Waals surface area contributed by atoms with Crippen molar-refractivity contribution < 1.29 is 13.2 Å². The van der Waals surface area contributed by atoms with Crippen LogP contribution in [0, 0.1) is 13.8 Å². The number of aromatic nitrogens is 2. The Morgan fingerprint density at radius 3 is 2.59 bits per heavy atom. The van der Waals surface area contributed by atoms with Crippen molar-refractivity contribution >= 4 is 11.0 Å². The fraction of sp³-hybridized carbons (Fsp3) is 0.417. The van der Waals surface area contributed by atoms with Crippen LogP contribution in [0.2, 0.25) is 0 Å². The van der Waals surface area contributed by atoms with E-state index in [1.54, 1.807) is 0 Å². The van der Waals surface area contributed by atoms with Crippen LogP contribution < -0.4 is 0 Å². The third kappa shape index (κ3) is 2.60. The maximum absolute atomic E-state index is 12.1. The van der Waals surface area contributed by atoms with Crippen LogP contribution in [0.5, 0.6) is 0 Å². The minimum atomic E-state index is -4.13. The molecule has 0 aliphatic carbocycles. The van der Waals surface area contributed by atoms with Crippen molar-refractivity contribution in [3.8, 4) is 0 Å². The second-order valence-corrected chi connectivity index (χ2v) is 4.20. The second kappa shape index (κ2) is 4.05. The van der Waals surface area contributed by atoms with Gasteiger partial charge in [0.2, 0.25) is 0 Å². The molecule has 0 saturated carbocycles. The minimum absolute atomic E-state index is 0.101. The van der Waals surface area contributed by atoms with Gasteiger partial charge in [0, 0.05) is 6.42 Å². The average molecular weight is 242 g/mol. The number of hydrogen-bond acceptors (Lipinski definition) is 1. The van der Waals surface area contributed by atoms with Crippen molar-refractivity contribution in [3.63, 3.8) is 0 Å². The van der Waals surface area contributed by atoms with E-state index in [0.717, 1.165) is 22.2 Å². The van der Waals surface area contributed by atoms with Crippen LogP contribution in [0.1, 0.15) is 23.4 Å². The quantitative estimate of drug-likeness (QED) is 0.855. The molecule has 0 atom stereocenters. The Kier molecular flexibility index (Phi) is 2.85. The van der Waals surface area contributed by atoms with Crippen LogP contribution in [0.3, 0.4) is 0 Å². The summed E-state index contributed by atoms with van der Waals surface area (Å²) in [6.07, 6.45) is -5.08. The zero-order valence-electron chi connectivity index (χ0n) is 9.65. The van der Waals surface area contributed by atoms with E-state index in [0.29, 0.717) is 5.82 Å². The molecule has 2 aromatic rings. The standard InChI is InChI=1S/C12H13F3N2/c1-7-3-4-9-11(8(7)2)17-10(16-9)5-6-12(13,14)15/h3-4H,5-6H2,1-2H3,(H,16,17). The number of nitrogens with one attached hydrogen (secondary N) is 1. The predicted molar refractivity (Wildman–Crippen MR) is 59.9 cm³/mol. The zero-order valence-corrected chi connectivity index (χ0v) is 9.65. The molecule has 2 rings (SSSR count). The van der Waals surface area contributed by atoms with Crippen LogP contribution in [-0.2, 0) is 6.42 Å². The SMILES string of the molecule is Cc1ccc2[nH]c(CCC(F)(F)F)nc2c1C. The van der Waals surface area contributed by atoms with Crippen LogP contribution in [-0.4, -0.2) is 16.1 Å². The molecule has 17 heavy (non-hydrogen) atoms. The van der Waals surface area contributed by atoms with E-state index in [2.05, 4.69) is 9.97 Å². The lowest BCUT2D eigenvalue weighted by molar-refractivity contribution is -0.134. The van der Waals surface area contributed by atoms with Gasteiger partial charge in [-0.2, -0.15) is 13.2 Å². The summed E-state index contributed by atoms with van der Waals surface area (Å²) in [5.41, 5.74) is 3.66. The summed E-state index contributed by atoms with van der Waals surface area (Å²) in [7, 11) is 0. The zero-order chi connectivity index (χ0) is 12.6. The topological polar surface area (TPSA) is 28.7 Å². The van der Waals surface area contributed by atoms with Gasteiger partial charge >= 0.3 is 6.18 Å². The van der Waals surface area contributed by atoms with Crippen LogP contribution in [0.25, 0.3) is 11.0 Å². The molecule has 0 radical (unpaired) electrons. The first-order valence-corrected chi connectivity index (χ1v) is 5.38. The summed E-state index contributed by atoms with van der Waals surface area (Å²) >= 11 is 0. The third-order valence-electron chi connectivity index (χ3n) is 2.87. The molecule has 0 aliphatic heterocycles. The summed E-state index contributed by atoms with van der Waals surface area (Å²) in [6.45, 7) is 3.88. The second-order valence-electron chi connectivity index (χ2n) is 4.20. The summed E-state index contributed by atoms with van der Waals surface area (Å²) in [6, 6.07) is 3.78. The van der Waals surface area contributed by atoms with E-state index in [1.165, 1.54) is 0 Å². The first-order chi connectivity index (χ1) is 7.87. The van der Waals surface area contributed by atoms with Crippen LogP contribution in [0.15, 0.2) is 12.1 Å². The first-order valence-electron chi connectivity index (χ1n) is 5.38. The number of aromatic amines is 1. The van der Waals surface area contributed by atoms with E-state index in [4.69, 9.17) is 0 Å². The van der Waals surface area contributed by atoms with Crippen molar-refractivity contribution in [1.82, 2.24) is 9.97 Å². The highest BCUT2D eigenvalue weighted by Crippen LogP contribution is 2.23. The van der Waals surface area contributed by atoms with Crippen LogP contribution in [0.4, 0.5) is 13.2 Å². The molecular weight excluding hydrogens is 229 g/mol. The largest absolute Gasteiger partial charge is 0.389 e. The smallest absolute Gasteiger partial charge is 0.342 e. The highest BCUT2D eigenvalue weighted by atomic mass is 19.4. The van der Waals surface area contributed by atoms with E-state index >= 15 is 0 Å². The highest BCUT2D eigenvalue weighted by Gasteiger charge is 2.27. The van der Waals surface area contributed by atoms with Gasteiger partial charge in [-0.1, -0.05) is 6.07 Å². The van der Waals surface area contributed by atoms with Gasteiger partial charge in [-0.3, -0.25) is 0 Å². The van der Waals surface area contributed by atoms with E-state index < -0.39 is 12.6 Å². The van der Waals surface area contributed by atoms with Crippen LogP contribution >= 0.6 is 0 Å². The number of imidazole rings is 1. The fourth-order valence-corrected chi connectivity index (χ4v) is 1.74. The molecule has 1 aromatic heterocycles. The normalized spacial score (nSPS) is 12.3. The number of H-pyrrole nitrogens is 1. The average Bonchev–Trinajstić information content (AvgIpc) is 2.64. The number of rotatable bonds is 2. The van der Waals surface area contributed by atoms with Gasteiger partial charge in [-0.25, -0.2) is 4.98 Å². The van der Waals surface area contributed by atoms with Gasteiger partial charge in [0.25, 0.3) is 0 Å². The maximum atomic E-state index is 12.1. The van der Waals surface area contributed by atoms with Crippen molar-refractivity contribution in [2.24, 2.45) is 0 Å². The molecule has 0 fully saturated rings. The number of hydrogen-bond donors (Lipinski definition) is 1. The Balaban J connectivity index is 2.29. The summed E-state index contributed by atoms with van der Waals surface area (Å²) < 4.78 is 36.3. The minimum Gasteiger partial charge on any atom is -0.342 e.